The van der Waals surface area contributed by atoms with E-state index in [4.69, 9.17) is 10.5 Å². The van der Waals surface area contributed by atoms with E-state index in [1.165, 1.54) is 31.3 Å². The lowest BCUT2D eigenvalue weighted by molar-refractivity contribution is 0.0999. The van der Waals surface area contributed by atoms with E-state index >= 15 is 0 Å². The van der Waals surface area contributed by atoms with Gasteiger partial charge in [-0.1, -0.05) is 0 Å². The zero-order chi connectivity index (χ0) is 18.4. The first-order valence-corrected chi connectivity index (χ1v) is 8.65. The first-order valence-electron chi connectivity index (χ1n) is 8.65. The van der Waals surface area contributed by atoms with Crippen molar-refractivity contribution < 1.29 is 13.9 Å². The van der Waals surface area contributed by atoms with Crippen molar-refractivity contribution in [2.75, 3.05) is 31.6 Å². The molecule has 0 atom stereocenters. The predicted molar refractivity (Wildman–Crippen MR) is 96.0 cm³/mol. The molecule has 0 saturated carbocycles. The van der Waals surface area contributed by atoms with Gasteiger partial charge in [0.1, 0.15) is 0 Å². The minimum Gasteiger partial charge on any atom is -0.490 e. The average molecular weight is 359 g/mol. The van der Waals surface area contributed by atoms with E-state index in [0.717, 1.165) is 26.1 Å². The molecule has 1 aromatic carbocycles. The second-order valence-corrected chi connectivity index (χ2v) is 6.18. The number of hydrogen-bond acceptors (Lipinski definition) is 6. The molecule has 138 valence electrons. The highest BCUT2D eigenvalue weighted by molar-refractivity contribution is 5.92. The zero-order valence-electron chi connectivity index (χ0n) is 14.4. The largest absolute Gasteiger partial charge is 0.490 e. The number of aromatic nitrogens is 2. The summed E-state index contributed by atoms with van der Waals surface area (Å²) < 4.78 is 19.7. The van der Waals surface area contributed by atoms with Gasteiger partial charge >= 0.3 is 0 Å². The Morgan fingerprint density at radius 2 is 2.00 bits per heavy atom. The van der Waals surface area contributed by atoms with E-state index in [-0.39, 0.29) is 17.3 Å². The van der Waals surface area contributed by atoms with Crippen molar-refractivity contribution in [2.24, 2.45) is 5.73 Å². The number of rotatable bonds is 8. The number of primary amides is 1. The fourth-order valence-electron chi connectivity index (χ4n) is 2.82. The minimum atomic E-state index is -0.603. The SMILES string of the molecule is NC(=O)c1cnc(Nc2ccc(OCCCN3CCCC3)c(F)c2)nc1. The fourth-order valence-corrected chi connectivity index (χ4v) is 2.82. The molecule has 3 rings (SSSR count). The number of carbonyl (C=O) groups is 1. The second-order valence-electron chi connectivity index (χ2n) is 6.18. The van der Waals surface area contributed by atoms with Gasteiger partial charge < -0.3 is 20.7 Å². The fraction of sp³-hybridized carbons (Fsp3) is 0.389. The van der Waals surface area contributed by atoms with Gasteiger partial charge in [-0.2, -0.15) is 0 Å². The summed E-state index contributed by atoms with van der Waals surface area (Å²) in [5.74, 6) is -0.589. The van der Waals surface area contributed by atoms with Gasteiger partial charge in [0.05, 0.1) is 12.2 Å². The van der Waals surface area contributed by atoms with E-state index in [0.29, 0.717) is 12.3 Å². The van der Waals surface area contributed by atoms with Crippen LogP contribution in [0.25, 0.3) is 0 Å². The van der Waals surface area contributed by atoms with E-state index in [1.807, 2.05) is 0 Å². The van der Waals surface area contributed by atoms with Crippen LogP contribution >= 0.6 is 0 Å². The summed E-state index contributed by atoms with van der Waals surface area (Å²) in [6.07, 6.45) is 6.02. The zero-order valence-corrected chi connectivity index (χ0v) is 14.4. The molecule has 2 heterocycles. The average Bonchev–Trinajstić information content (AvgIpc) is 3.14. The van der Waals surface area contributed by atoms with Crippen molar-refractivity contribution in [3.8, 4) is 5.75 Å². The molecule has 0 radical (unpaired) electrons. The number of carbonyl (C=O) groups excluding carboxylic acids is 1. The predicted octanol–water partition coefficient (Wildman–Crippen LogP) is 2.32. The van der Waals surface area contributed by atoms with Gasteiger partial charge in [0, 0.05) is 30.7 Å². The van der Waals surface area contributed by atoms with Crippen LogP contribution in [0.4, 0.5) is 16.0 Å². The first-order chi connectivity index (χ1) is 12.6. The third-order valence-corrected chi connectivity index (χ3v) is 4.20. The Hall–Kier alpha value is -2.74. The summed E-state index contributed by atoms with van der Waals surface area (Å²) in [6, 6.07) is 4.58. The molecule has 8 heteroatoms. The van der Waals surface area contributed by atoms with Gasteiger partial charge in [-0.15, -0.1) is 0 Å². The van der Waals surface area contributed by atoms with Gasteiger partial charge in [-0.25, -0.2) is 14.4 Å². The molecular formula is C18H22FN5O2. The van der Waals surface area contributed by atoms with Crippen LogP contribution in [0.2, 0.25) is 0 Å². The number of benzene rings is 1. The van der Waals surface area contributed by atoms with Gasteiger partial charge in [0.15, 0.2) is 11.6 Å². The maximum atomic E-state index is 14.2. The van der Waals surface area contributed by atoms with Gasteiger partial charge in [-0.05, 0) is 44.5 Å². The molecule has 26 heavy (non-hydrogen) atoms. The summed E-state index contributed by atoms with van der Waals surface area (Å²) in [5, 5.41) is 2.87. The molecule has 0 aliphatic carbocycles. The van der Waals surface area contributed by atoms with Crippen molar-refractivity contribution in [1.29, 1.82) is 0 Å². The van der Waals surface area contributed by atoms with Crippen molar-refractivity contribution >= 4 is 17.5 Å². The molecule has 1 amide bonds. The highest BCUT2D eigenvalue weighted by Gasteiger charge is 2.11. The number of nitrogens with zero attached hydrogens (tertiary/aromatic N) is 3. The van der Waals surface area contributed by atoms with Crippen LogP contribution in [0.1, 0.15) is 29.6 Å². The normalized spacial score (nSPS) is 14.3. The van der Waals surface area contributed by atoms with Crippen LogP contribution in [0.15, 0.2) is 30.6 Å². The topological polar surface area (TPSA) is 93.4 Å². The molecule has 1 aliphatic heterocycles. The molecule has 1 saturated heterocycles. The number of hydrogen-bond donors (Lipinski definition) is 2. The van der Waals surface area contributed by atoms with Crippen molar-refractivity contribution in [3.05, 3.63) is 42.0 Å². The molecule has 7 nitrogen and oxygen atoms in total. The van der Waals surface area contributed by atoms with Gasteiger partial charge in [-0.3, -0.25) is 4.79 Å². The first kappa shape index (κ1) is 18.1. The lowest BCUT2D eigenvalue weighted by Gasteiger charge is -2.14. The molecular weight excluding hydrogens is 337 g/mol. The van der Waals surface area contributed by atoms with E-state index in [9.17, 15) is 9.18 Å². The summed E-state index contributed by atoms with van der Waals surface area (Å²) in [7, 11) is 0. The number of amides is 1. The van der Waals surface area contributed by atoms with Crippen LogP contribution in [0, 0.1) is 5.82 Å². The summed E-state index contributed by atoms with van der Waals surface area (Å²) in [6.45, 7) is 3.77. The molecule has 0 bridgehead atoms. The molecule has 2 aromatic rings. The highest BCUT2D eigenvalue weighted by Crippen LogP contribution is 2.23. The maximum absolute atomic E-state index is 14.2. The number of halogens is 1. The number of nitrogens with two attached hydrogens (primary N) is 1. The summed E-state index contributed by atoms with van der Waals surface area (Å²) >= 11 is 0. The Labute approximate surface area is 151 Å². The lowest BCUT2D eigenvalue weighted by Crippen LogP contribution is -2.22. The van der Waals surface area contributed by atoms with Crippen molar-refractivity contribution in [2.45, 2.75) is 19.3 Å². The Kier molecular flexibility index (Phi) is 5.96. The third kappa shape index (κ3) is 4.89. The lowest BCUT2D eigenvalue weighted by atomic mass is 10.3. The molecule has 1 aromatic heterocycles. The van der Waals surface area contributed by atoms with Crippen LogP contribution in [0.3, 0.4) is 0 Å². The van der Waals surface area contributed by atoms with Gasteiger partial charge in [0.25, 0.3) is 5.91 Å². The quantitative estimate of drug-likeness (QED) is 0.703. The minimum absolute atomic E-state index is 0.208. The highest BCUT2D eigenvalue weighted by atomic mass is 19.1. The Morgan fingerprint density at radius 1 is 1.27 bits per heavy atom. The second kappa shape index (κ2) is 8.57. The molecule has 0 unspecified atom stereocenters. The van der Waals surface area contributed by atoms with E-state index in [2.05, 4.69) is 20.2 Å². The molecule has 1 aliphatic rings. The van der Waals surface area contributed by atoms with Crippen molar-refractivity contribution in [1.82, 2.24) is 14.9 Å². The van der Waals surface area contributed by atoms with E-state index < -0.39 is 11.7 Å². The monoisotopic (exact) mass is 359 g/mol. The third-order valence-electron chi connectivity index (χ3n) is 4.20. The van der Waals surface area contributed by atoms with Gasteiger partial charge in [0.2, 0.25) is 5.95 Å². The Balaban J connectivity index is 1.50. The molecule has 3 N–H and O–H groups in total. The molecule has 1 fully saturated rings. The summed E-state index contributed by atoms with van der Waals surface area (Å²) in [5.41, 5.74) is 5.83. The Bertz CT molecular complexity index is 748. The number of nitrogens with one attached hydrogen (secondary N) is 1. The molecule has 0 spiro atoms. The van der Waals surface area contributed by atoms with E-state index in [1.54, 1.807) is 12.1 Å². The Morgan fingerprint density at radius 3 is 2.65 bits per heavy atom. The van der Waals surface area contributed by atoms with Crippen LogP contribution in [-0.2, 0) is 0 Å². The van der Waals surface area contributed by atoms with Crippen LogP contribution < -0.4 is 15.8 Å². The van der Waals surface area contributed by atoms with Crippen LogP contribution in [0.5, 0.6) is 5.75 Å². The van der Waals surface area contributed by atoms with Crippen molar-refractivity contribution in [3.63, 3.8) is 0 Å². The smallest absolute Gasteiger partial charge is 0.251 e. The number of likely N-dealkylation sites (tertiary alicyclic amines) is 1. The van der Waals surface area contributed by atoms with Crippen LogP contribution in [-0.4, -0.2) is 47.0 Å². The number of anilines is 2. The standard InChI is InChI=1S/C18H22FN5O2/c19-15-10-14(23-18-21-11-13(12-22-18)17(20)25)4-5-16(15)26-9-3-8-24-6-1-2-7-24/h4-5,10-12H,1-3,6-9H2,(H2,20,25)(H,21,22,23). The number of ether oxygens (including phenoxy) is 1. The summed E-state index contributed by atoms with van der Waals surface area (Å²) in [4.78, 5) is 21.3. The maximum Gasteiger partial charge on any atom is 0.251 e.